The van der Waals surface area contributed by atoms with Crippen molar-refractivity contribution < 1.29 is 13.9 Å². The van der Waals surface area contributed by atoms with Gasteiger partial charge in [-0.3, -0.25) is 9.88 Å². The van der Waals surface area contributed by atoms with Crippen molar-refractivity contribution in [2.24, 2.45) is 5.41 Å². The average Bonchev–Trinajstić information content (AvgIpc) is 3.29. The van der Waals surface area contributed by atoms with Crippen LogP contribution in [0.5, 0.6) is 0 Å². The number of rotatable bonds is 6. The van der Waals surface area contributed by atoms with Crippen LogP contribution in [-0.4, -0.2) is 42.3 Å². The Kier molecular flexibility index (Phi) is 5.15. The highest BCUT2D eigenvalue weighted by Gasteiger charge is 2.42. The smallest absolute Gasteiger partial charge is 0.0947 e. The van der Waals surface area contributed by atoms with Gasteiger partial charge in [-0.1, -0.05) is 6.07 Å². The van der Waals surface area contributed by atoms with Crippen molar-refractivity contribution >= 4 is 0 Å². The van der Waals surface area contributed by atoms with Gasteiger partial charge in [-0.25, -0.2) is 0 Å². The van der Waals surface area contributed by atoms with Crippen LogP contribution in [-0.2, 0) is 22.6 Å². The lowest BCUT2D eigenvalue weighted by Crippen LogP contribution is -2.40. The van der Waals surface area contributed by atoms with Gasteiger partial charge in [-0.15, -0.1) is 0 Å². The molecule has 1 spiro atoms. The molecule has 2 fully saturated rings. The Labute approximate surface area is 148 Å². The summed E-state index contributed by atoms with van der Waals surface area (Å²) in [5.41, 5.74) is 2.59. The number of hydrogen-bond donors (Lipinski definition) is 0. The second-order valence-corrected chi connectivity index (χ2v) is 7.38. The van der Waals surface area contributed by atoms with E-state index in [-0.39, 0.29) is 6.10 Å². The molecule has 2 saturated heterocycles. The molecule has 0 N–H and O–H groups in total. The van der Waals surface area contributed by atoms with Crippen LogP contribution in [0, 0.1) is 5.41 Å². The Morgan fingerprint density at radius 3 is 2.92 bits per heavy atom. The summed E-state index contributed by atoms with van der Waals surface area (Å²) in [6.07, 6.45) is 9.16. The largest absolute Gasteiger partial charge is 0.472 e. The number of piperidine rings is 1. The SMILES string of the molecule is c1ccc(COC[C@H]2CC3(CCN(Cc4ccoc4)CC3)CO2)nc1. The van der Waals surface area contributed by atoms with Crippen LogP contribution in [0.3, 0.4) is 0 Å². The second kappa shape index (κ2) is 7.68. The summed E-state index contributed by atoms with van der Waals surface area (Å²) in [7, 11) is 0. The summed E-state index contributed by atoms with van der Waals surface area (Å²) < 4.78 is 17.0. The Balaban J connectivity index is 1.20. The van der Waals surface area contributed by atoms with Gasteiger partial charge in [0.05, 0.1) is 44.1 Å². The fourth-order valence-corrected chi connectivity index (χ4v) is 3.96. The van der Waals surface area contributed by atoms with E-state index in [1.807, 2.05) is 24.5 Å². The molecule has 134 valence electrons. The number of furan rings is 1. The van der Waals surface area contributed by atoms with Gasteiger partial charge >= 0.3 is 0 Å². The molecule has 0 aliphatic carbocycles. The van der Waals surface area contributed by atoms with Gasteiger partial charge in [-0.2, -0.15) is 0 Å². The molecule has 4 heterocycles. The predicted octanol–water partition coefficient (Wildman–Crippen LogP) is 3.26. The van der Waals surface area contributed by atoms with Crippen molar-refractivity contribution in [1.29, 1.82) is 0 Å². The topological polar surface area (TPSA) is 47.7 Å². The maximum atomic E-state index is 6.05. The molecule has 0 bridgehead atoms. The first-order valence-electron chi connectivity index (χ1n) is 9.14. The van der Waals surface area contributed by atoms with Crippen LogP contribution in [0.2, 0.25) is 0 Å². The van der Waals surface area contributed by atoms with Gasteiger partial charge in [0, 0.05) is 18.3 Å². The zero-order valence-electron chi connectivity index (χ0n) is 14.6. The number of likely N-dealkylation sites (tertiary alicyclic amines) is 1. The summed E-state index contributed by atoms with van der Waals surface area (Å²) >= 11 is 0. The van der Waals surface area contributed by atoms with E-state index in [4.69, 9.17) is 13.9 Å². The highest BCUT2D eigenvalue weighted by Crippen LogP contribution is 2.42. The lowest BCUT2D eigenvalue weighted by atomic mass is 9.76. The van der Waals surface area contributed by atoms with Crippen LogP contribution < -0.4 is 0 Å². The number of nitrogens with zero attached hydrogens (tertiary/aromatic N) is 2. The first-order chi connectivity index (χ1) is 12.3. The fourth-order valence-electron chi connectivity index (χ4n) is 3.96. The lowest BCUT2D eigenvalue weighted by Gasteiger charge is -2.38. The normalized spacial score (nSPS) is 23.3. The minimum atomic E-state index is 0.226. The van der Waals surface area contributed by atoms with Gasteiger partial charge in [0.2, 0.25) is 0 Å². The molecule has 0 saturated carbocycles. The Morgan fingerprint density at radius 2 is 2.16 bits per heavy atom. The molecule has 25 heavy (non-hydrogen) atoms. The summed E-state index contributed by atoms with van der Waals surface area (Å²) in [5.74, 6) is 0. The van der Waals surface area contributed by atoms with Gasteiger partial charge in [0.25, 0.3) is 0 Å². The van der Waals surface area contributed by atoms with E-state index >= 15 is 0 Å². The van der Waals surface area contributed by atoms with Crippen LogP contribution in [0.25, 0.3) is 0 Å². The summed E-state index contributed by atoms with van der Waals surface area (Å²) in [5, 5.41) is 0. The minimum Gasteiger partial charge on any atom is -0.472 e. The van der Waals surface area contributed by atoms with E-state index in [0.29, 0.717) is 18.6 Å². The van der Waals surface area contributed by atoms with E-state index in [1.54, 1.807) is 12.5 Å². The van der Waals surface area contributed by atoms with Crippen molar-refractivity contribution in [3.63, 3.8) is 0 Å². The third-order valence-electron chi connectivity index (χ3n) is 5.47. The molecular weight excluding hydrogens is 316 g/mol. The van der Waals surface area contributed by atoms with Gasteiger partial charge in [0.1, 0.15) is 0 Å². The molecule has 2 aliphatic heterocycles. The maximum Gasteiger partial charge on any atom is 0.0947 e. The zero-order chi connectivity index (χ0) is 17.0. The van der Waals surface area contributed by atoms with E-state index < -0.39 is 0 Å². The van der Waals surface area contributed by atoms with Crippen molar-refractivity contribution in [3.05, 3.63) is 54.2 Å². The van der Waals surface area contributed by atoms with E-state index in [9.17, 15) is 0 Å². The molecule has 0 unspecified atom stereocenters. The Bertz CT molecular complexity index is 636. The maximum absolute atomic E-state index is 6.05. The van der Waals surface area contributed by atoms with E-state index in [1.165, 1.54) is 18.4 Å². The standard InChI is InChI=1S/C20H26N2O3/c1-2-7-21-18(3-1)14-24-15-19-11-20(16-25-19)5-8-22(9-6-20)12-17-4-10-23-13-17/h1-4,7,10,13,19H,5-6,8-9,11-12,14-16H2/t19-/m1/s1. The van der Waals surface area contributed by atoms with E-state index in [2.05, 4.69) is 16.0 Å². The van der Waals surface area contributed by atoms with Crippen molar-refractivity contribution in [2.75, 3.05) is 26.3 Å². The minimum absolute atomic E-state index is 0.226. The number of ether oxygens (including phenoxy) is 2. The molecule has 5 nitrogen and oxygen atoms in total. The molecule has 2 aromatic heterocycles. The molecule has 4 rings (SSSR count). The molecule has 2 aliphatic rings. The molecule has 0 radical (unpaired) electrons. The van der Waals surface area contributed by atoms with Gasteiger partial charge in [0.15, 0.2) is 0 Å². The second-order valence-electron chi connectivity index (χ2n) is 7.38. The molecular formula is C20H26N2O3. The predicted molar refractivity (Wildman–Crippen MR) is 93.9 cm³/mol. The summed E-state index contributed by atoms with van der Waals surface area (Å²) in [6.45, 7) is 5.36. The highest BCUT2D eigenvalue weighted by molar-refractivity contribution is 5.05. The fraction of sp³-hybridized carbons (Fsp3) is 0.550. The zero-order valence-corrected chi connectivity index (χ0v) is 14.6. The van der Waals surface area contributed by atoms with Crippen molar-refractivity contribution in [1.82, 2.24) is 9.88 Å². The van der Waals surface area contributed by atoms with Crippen LogP contribution in [0.1, 0.15) is 30.5 Å². The summed E-state index contributed by atoms with van der Waals surface area (Å²) in [4.78, 5) is 6.80. The first-order valence-corrected chi connectivity index (χ1v) is 9.14. The van der Waals surface area contributed by atoms with Crippen LogP contribution >= 0.6 is 0 Å². The molecule has 5 heteroatoms. The molecule has 1 atom stereocenters. The van der Waals surface area contributed by atoms with E-state index in [0.717, 1.165) is 38.4 Å². The van der Waals surface area contributed by atoms with Gasteiger partial charge < -0.3 is 13.9 Å². The third-order valence-corrected chi connectivity index (χ3v) is 5.47. The molecule has 2 aromatic rings. The number of pyridine rings is 1. The van der Waals surface area contributed by atoms with Gasteiger partial charge in [-0.05, 0) is 56.0 Å². The highest BCUT2D eigenvalue weighted by atomic mass is 16.5. The average molecular weight is 342 g/mol. The number of hydrogen-bond acceptors (Lipinski definition) is 5. The first kappa shape index (κ1) is 16.8. The Hall–Kier alpha value is -1.69. The number of aromatic nitrogens is 1. The lowest BCUT2D eigenvalue weighted by molar-refractivity contribution is 0.00554. The van der Waals surface area contributed by atoms with Crippen LogP contribution in [0.4, 0.5) is 0 Å². The Morgan fingerprint density at radius 1 is 1.24 bits per heavy atom. The molecule has 0 amide bonds. The monoisotopic (exact) mass is 342 g/mol. The summed E-state index contributed by atoms with van der Waals surface area (Å²) in [6, 6.07) is 7.96. The van der Waals surface area contributed by atoms with Crippen LogP contribution in [0.15, 0.2) is 47.4 Å². The quantitative estimate of drug-likeness (QED) is 0.806. The van der Waals surface area contributed by atoms with Crippen molar-refractivity contribution in [2.45, 2.75) is 38.5 Å². The molecule has 0 aromatic carbocycles. The van der Waals surface area contributed by atoms with Crippen molar-refractivity contribution in [3.8, 4) is 0 Å². The third kappa shape index (κ3) is 4.29.